The fraction of sp³-hybridized carbons (Fsp3) is 0.211. The number of halogens is 1. The van der Waals surface area contributed by atoms with Gasteiger partial charge in [0.25, 0.3) is 5.91 Å². The van der Waals surface area contributed by atoms with Crippen molar-refractivity contribution < 1.29 is 17.6 Å². The van der Waals surface area contributed by atoms with Gasteiger partial charge in [0, 0.05) is 22.9 Å². The smallest absolute Gasteiger partial charge is 0.287 e. The maximum Gasteiger partial charge on any atom is 0.287 e. The Bertz CT molecular complexity index is 1120. The lowest BCUT2D eigenvalue weighted by Crippen LogP contribution is -2.36. The lowest BCUT2D eigenvalue weighted by molar-refractivity contribution is 0.0930. The highest BCUT2D eigenvalue weighted by molar-refractivity contribution is 9.10. The van der Waals surface area contributed by atoms with Crippen molar-refractivity contribution in [2.75, 3.05) is 23.1 Å². The third-order valence-corrected chi connectivity index (χ3v) is 6.79. The largest absolute Gasteiger partial charge is 0.451 e. The molecule has 4 rings (SSSR count). The van der Waals surface area contributed by atoms with Gasteiger partial charge in [-0.05, 0) is 42.3 Å². The third kappa shape index (κ3) is 3.59. The van der Waals surface area contributed by atoms with Crippen molar-refractivity contribution in [2.45, 2.75) is 6.42 Å². The number of nitrogens with one attached hydrogen (secondary N) is 1. The highest BCUT2D eigenvalue weighted by Crippen LogP contribution is 2.30. The standard InChI is InChI=1S/C19H17BrN2O4S/c20-15-5-6-17-14(11-15)12-18(26-17)19(23)21-8-10-27(24,25)22-9-7-13-3-1-2-4-16(13)22/h1-6,11-12H,7-10H2,(H,21,23). The minimum Gasteiger partial charge on any atom is -0.451 e. The maximum absolute atomic E-state index is 12.6. The van der Waals surface area contributed by atoms with Gasteiger partial charge in [0.1, 0.15) is 5.58 Å². The van der Waals surface area contributed by atoms with Crippen LogP contribution in [0.3, 0.4) is 0 Å². The van der Waals surface area contributed by atoms with Crippen molar-refractivity contribution in [3.05, 3.63) is 64.3 Å². The number of sulfonamides is 1. The van der Waals surface area contributed by atoms with Crippen LogP contribution in [0, 0.1) is 0 Å². The molecule has 6 nitrogen and oxygen atoms in total. The molecule has 8 heteroatoms. The summed E-state index contributed by atoms with van der Waals surface area (Å²) in [6, 6.07) is 14.6. The summed E-state index contributed by atoms with van der Waals surface area (Å²) in [7, 11) is -3.50. The van der Waals surface area contributed by atoms with Gasteiger partial charge in [0.05, 0.1) is 11.4 Å². The average Bonchev–Trinajstić information content (AvgIpc) is 3.25. The number of carbonyl (C=O) groups is 1. The molecule has 0 radical (unpaired) electrons. The molecule has 0 bridgehead atoms. The molecule has 1 N–H and O–H groups in total. The fourth-order valence-corrected chi connectivity index (χ4v) is 5.02. The zero-order valence-corrected chi connectivity index (χ0v) is 16.7. The average molecular weight is 449 g/mol. The van der Waals surface area contributed by atoms with E-state index >= 15 is 0 Å². The van der Waals surface area contributed by atoms with E-state index < -0.39 is 15.9 Å². The van der Waals surface area contributed by atoms with Gasteiger partial charge < -0.3 is 9.73 Å². The van der Waals surface area contributed by atoms with Gasteiger partial charge in [0.15, 0.2) is 5.76 Å². The Morgan fingerprint density at radius 1 is 1.19 bits per heavy atom. The quantitative estimate of drug-likeness (QED) is 0.648. The zero-order valence-electron chi connectivity index (χ0n) is 14.3. The van der Waals surface area contributed by atoms with Crippen LogP contribution in [0.4, 0.5) is 5.69 Å². The predicted molar refractivity (Wildman–Crippen MR) is 108 cm³/mol. The van der Waals surface area contributed by atoms with E-state index in [1.807, 2.05) is 36.4 Å². The van der Waals surface area contributed by atoms with E-state index in [0.29, 0.717) is 18.5 Å². The number of furan rings is 1. The van der Waals surface area contributed by atoms with Crippen LogP contribution in [-0.4, -0.2) is 33.2 Å². The van der Waals surface area contributed by atoms with E-state index in [2.05, 4.69) is 21.2 Å². The Morgan fingerprint density at radius 2 is 2.00 bits per heavy atom. The van der Waals surface area contributed by atoms with Crippen LogP contribution in [0.15, 0.2) is 57.4 Å². The number of carbonyl (C=O) groups excluding carboxylic acids is 1. The molecule has 0 saturated heterocycles. The number of anilines is 1. The second-order valence-electron chi connectivity index (χ2n) is 6.32. The zero-order chi connectivity index (χ0) is 19.0. The summed E-state index contributed by atoms with van der Waals surface area (Å²) in [5, 5.41) is 3.43. The molecule has 3 aromatic rings. The van der Waals surface area contributed by atoms with Crippen molar-refractivity contribution in [3.8, 4) is 0 Å². The second kappa shape index (κ2) is 7.01. The molecule has 0 unspecified atom stereocenters. The lowest BCUT2D eigenvalue weighted by Gasteiger charge is -2.19. The monoisotopic (exact) mass is 448 g/mol. The molecule has 140 valence electrons. The van der Waals surface area contributed by atoms with E-state index in [4.69, 9.17) is 4.42 Å². The molecular weight excluding hydrogens is 432 g/mol. The van der Waals surface area contributed by atoms with Crippen LogP contribution in [0.5, 0.6) is 0 Å². The summed E-state index contributed by atoms with van der Waals surface area (Å²) in [5.41, 5.74) is 2.36. The van der Waals surface area contributed by atoms with E-state index in [9.17, 15) is 13.2 Å². The first-order valence-corrected chi connectivity index (χ1v) is 10.9. The highest BCUT2D eigenvalue weighted by Gasteiger charge is 2.28. The molecule has 1 aliphatic rings. The molecule has 1 aliphatic heterocycles. The van der Waals surface area contributed by atoms with Crippen LogP contribution in [0.25, 0.3) is 11.0 Å². The Labute approximate surface area is 165 Å². The predicted octanol–water partition coefficient (Wildman–Crippen LogP) is 3.32. The second-order valence-corrected chi connectivity index (χ2v) is 9.24. The molecule has 2 heterocycles. The summed E-state index contributed by atoms with van der Waals surface area (Å²) >= 11 is 3.37. The minimum atomic E-state index is -3.50. The van der Waals surface area contributed by atoms with Crippen LogP contribution < -0.4 is 9.62 Å². The van der Waals surface area contributed by atoms with Crippen molar-refractivity contribution in [2.24, 2.45) is 0 Å². The van der Waals surface area contributed by atoms with Crippen LogP contribution >= 0.6 is 15.9 Å². The first kappa shape index (κ1) is 18.1. The summed E-state index contributed by atoms with van der Waals surface area (Å²) in [6.45, 7) is 0.453. The van der Waals surface area contributed by atoms with E-state index in [0.717, 1.165) is 21.1 Å². The number of para-hydroxylation sites is 1. The van der Waals surface area contributed by atoms with Crippen molar-refractivity contribution in [1.29, 1.82) is 0 Å². The molecule has 0 saturated carbocycles. The van der Waals surface area contributed by atoms with Crippen LogP contribution in [-0.2, 0) is 16.4 Å². The van der Waals surface area contributed by atoms with E-state index in [1.54, 1.807) is 12.1 Å². The molecule has 1 amide bonds. The van der Waals surface area contributed by atoms with E-state index in [-0.39, 0.29) is 18.1 Å². The summed E-state index contributed by atoms with van der Waals surface area (Å²) in [6.07, 6.45) is 0.705. The van der Waals surface area contributed by atoms with Crippen LogP contribution in [0.2, 0.25) is 0 Å². The Morgan fingerprint density at radius 3 is 2.85 bits per heavy atom. The maximum atomic E-state index is 12.6. The normalized spacial score (nSPS) is 13.7. The number of rotatable bonds is 5. The van der Waals surface area contributed by atoms with Gasteiger partial charge in [0.2, 0.25) is 10.0 Å². The molecule has 0 fully saturated rings. The Hall–Kier alpha value is -2.32. The number of nitrogens with zero attached hydrogens (tertiary/aromatic N) is 1. The van der Waals surface area contributed by atoms with Gasteiger partial charge in [-0.15, -0.1) is 0 Å². The SMILES string of the molecule is O=C(NCCS(=O)(=O)N1CCc2ccccc21)c1cc2cc(Br)ccc2o1. The molecule has 0 aliphatic carbocycles. The van der Waals surface area contributed by atoms with E-state index in [1.165, 1.54) is 4.31 Å². The minimum absolute atomic E-state index is 0.0145. The molecule has 1 aromatic heterocycles. The Kier molecular flexibility index (Phi) is 4.69. The van der Waals surface area contributed by atoms with Crippen molar-refractivity contribution in [3.63, 3.8) is 0 Å². The highest BCUT2D eigenvalue weighted by atomic mass is 79.9. The first-order chi connectivity index (χ1) is 12.9. The fourth-order valence-electron chi connectivity index (χ4n) is 3.21. The topological polar surface area (TPSA) is 79.6 Å². The summed E-state index contributed by atoms with van der Waals surface area (Å²) in [5.74, 6) is -0.440. The number of fused-ring (bicyclic) bond motifs is 2. The number of hydrogen-bond donors (Lipinski definition) is 1. The molecule has 27 heavy (non-hydrogen) atoms. The van der Waals surface area contributed by atoms with Gasteiger partial charge in [-0.3, -0.25) is 9.10 Å². The molecule has 2 aromatic carbocycles. The molecule has 0 spiro atoms. The van der Waals surface area contributed by atoms with Gasteiger partial charge in [-0.25, -0.2) is 8.42 Å². The number of hydrogen-bond acceptors (Lipinski definition) is 4. The first-order valence-electron chi connectivity index (χ1n) is 8.50. The lowest BCUT2D eigenvalue weighted by atomic mass is 10.2. The Balaban J connectivity index is 1.40. The molecular formula is C19H17BrN2O4S. The van der Waals surface area contributed by atoms with Gasteiger partial charge >= 0.3 is 0 Å². The molecule has 0 atom stereocenters. The third-order valence-electron chi connectivity index (χ3n) is 4.53. The van der Waals surface area contributed by atoms with Gasteiger partial charge in [-0.2, -0.15) is 0 Å². The van der Waals surface area contributed by atoms with Crippen LogP contribution in [0.1, 0.15) is 16.1 Å². The van der Waals surface area contributed by atoms with Crippen molar-refractivity contribution >= 4 is 48.5 Å². The summed E-state index contributed by atoms with van der Waals surface area (Å²) < 4.78 is 33.1. The summed E-state index contributed by atoms with van der Waals surface area (Å²) in [4.78, 5) is 12.3. The number of amides is 1. The van der Waals surface area contributed by atoms with Gasteiger partial charge in [-0.1, -0.05) is 34.1 Å². The van der Waals surface area contributed by atoms with Crippen molar-refractivity contribution in [1.82, 2.24) is 5.32 Å². The number of benzene rings is 2.